The van der Waals surface area contributed by atoms with Gasteiger partial charge >= 0.3 is 12.4 Å². The third-order valence-corrected chi connectivity index (χ3v) is 25.8. The highest BCUT2D eigenvalue weighted by Crippen LogP contribution is 2.46. The van der Waals surface area contributed by atoms with E-state index in [1.807, 2.05) is 0 Å². The van der Waals surface area contributed by atoms with Crippen LogP contribution in [0.3, 0.4) is 0 Å². The van der Waals surface area contributed by atoms with Crippen molar-refractivity contribution < 1.29 is 97.4 Å². The van der Waals surface area contributed by atoms with E-state index in [1.54, 1.807) is 27.7 Å². The topological polar surface area (TPSA) is 279 Å². The highest BCUT2D eigenvalue weighted by Gasteiger charge is 2.57. The minimum Gasteiger partial charge on any atom is -0.377 e. The maximum absolute atomic E-state index is 16.1. The fourth-order valence-electron chi connectivity index (χ4n) is 18.3. The van der Waals surface area contributed by atoms with Crippen molar-refractivity contribution in [3.05, 3.63) is 0 Å². The van der Waals surface area contributed by atoms with Gasteiger partial charge in [-0.3, -0.25) is 57.5 Å². The van der Waals surface area contributed by atoms with E-state index in [1.165, 1.54) is 73.8 Å². The Balaban J connectivity index is 1.21. The Morgan fingerprint density at radius 1 is 0.595 bits per heavy atom. The number of carbonyl (C=O) groups excluding carboxylic acids is 12. The number of rotatable bonds is 15. The van der Waals surface area contributed by atoms with Crippen molar-refractivity contribution in [3.8, 4) is 0 Å². The van der Waals surface area contributed by atoms with Crippen LogP contribution < -0.4 is 16.0 Å². The van der Waals surface area contributed by atoms with Crippen LogP contribution in [0.5, 0.6) is 0 Å². The van der Waals surface area contributed by atoms with Crippen LogP contribution in [0.15, 0.2) is 0 Å². The van der Waals surface area contributed by atoms with Gasteiger partial charge in [0.05, 0.1) is 31.5 Å². The van der Waals surface area contributed by atoms with Crippen molar-refractivity contribution in [2.45, 2.75) is 292 Å². The summed E-state index contributed by atoms with van der Waals surface area (Å²) < 4.78 is 122. The number of hydrogen-bond donors (Lipinski definition) is 3. The molecular weight excluding hydrogens is 1460 g/mol. The zero-order chi connectivity index (χ0) is 81.9. The molecule has 111 heavy (non-hydrogen) atoms. The van der Waals surface area contributed by atoms with Crippen molar-refractivity contribution in [2.75, 3.05) is 88.7 Å². The van der Waals surface area contributed by atoms with Gasteiger partial charge in [-0.15, -0.1) is 0 Å². The summed E-state index contributed by atoms with van der Waals surface area (Å²) in [6.07, 6.45) is -11.9. The quantitative estimate of drug-likeness (QED) is 0.134. The average molecular weight is 1590 g/mol. The molecule has 3 saturated heterocycles. The van der Waals surface area contributed by atoms with E-state index in [2.05, 4.69) is 16.0 Å². The summed E-state index contributed by atoms with van der Waals surface area (Å²) in [5, 5.41) is 8.48. The Morgan fingerprint density at radius 2 is 1.23 bits per heavy atom. The number of nitrogens with zero attached hydrogens (tertiary/aromatic N) is 9. The Kier molecular flexibility index (Phi) is 31.4. The minimum atomic E-state index is -5.21. The van der Waals surface area contributed by atoms with E-state index in [0.717, 1.165) is 38.9 Å². The fraction of sp³-hybridized carbons (Fsp3) is 0.846. The molecule has 0 aromatic carbocycles. The number of ether oxygens (including phenoxy) is 1. The van der Waals surface area contributed by atoms with Crippen molar-refractivity contribution in [3.63, 3.8) is 0 Å². The zero-order valence-electron chi connectivity index (χ0n) is 66.8. The summed E-state index contributed by atoms with van der Waals surface area (Å²) in [6.45, 7) is 5.09. The number of likely N-dealkylation sites (N-methyl/N-ethyl adjacent to an activating group) is 6. The molecule has 0 aromatic rings. The summed E-state index contributed by atoms with van der Waals surface area (Å²) in [4.78, 5) is 194. The molecule has 628 valence electrons. The maximum Gasteiger partial charge on any atom is 0.397 e. The molecule has 5 saturated carbocycles. The van der Waals surface area contributed by atoms with Gasteiger partial charge in [0.25, 0.3) is 0 Å². The lowest BCUT2D eigenvalue weighted by Crippen LogP contribution is -2.68. The van der Waals surface area contributed by atoms with Crippen LogP contribution in [-0.4, -0.2) is 288 Å². The fourth-order valence-corrected chi connectivity index (χ4v) is 18.3. The summed E-state index contributed by atoms with van der Waals surface area (Å²) in [5.74, 6) is -16.1. The van der Waals surface area contributed by atoms with Gasteiger partial charge in [0, 0.05) is 82.0 Å². The number of hydrogen-bond acceptors (Lipinski definition) is 13. The lowest BCUT2D eigenvalue weighted by atomic mass is 9.74. The molecule has 0 radical (unpaired) electrons. The monoisotopic (exact) mass is 1590 g/mol. The molecule has 8 fully saturated rings. The third kappa shape index (κ3) is 21.7. The Bertz CT molecular complexity index is 3270. The SMILES string of the molecule is CCO[C@@H]1C[C@H]2C(=O)NC3(CCC3)C(=O)N(C)[C@@H](C3CCCC3)C(=O)N(CCC3CCC3)[C@H](C(=O)N(C)C)CC(=O)N(C)[C@@H](CC)C(=O)N[C@@H]([C@@H](C)CC)C(=O)N(C)CC(=O)N(C)[C@H]3CCCCCN(C3=O)[C@@H](CC3CCC(C(F)(F)F)CC3)C(=O)N(C)CC(=O)N[C@@H](CCC3CC(F)C(C(F)(F)F)C(F)C3)C(=O)N2C1. The van der Waals surface area contributed by atoms with Crippen LogP contribution in [0.25, 0.3) is 0 Å². The Morgan fingerprint density at radius 3 is 1.78 bits per heavy atom. The molecule has 8 aliphatic rings. The first-order valence-corrected chi connectivity index (χ1v) is 40.6. The molecule has 3 N–H and O–H groups in total. The van der Waals surface area contributed by atoms with Gasteiger partial charge in [0.15, 0.2) is 0 Å². The molecule has 0 aromatic heterocycles. The van der Waals surface area contributed by atoms with E-state index in [0.29, 0.717) is 64.2 Å². The number of amides is 12. The number of alkyl halides is 8. The van der Waals surface area contributed by atoms with E-state index in [-0.39, 0.29) is 103 Å². The van der Waals surface area contributed by atoms with Crippen molar-refractivity contribution >= 4 is 70.9 Å². The van der Waals surface area contributed by atoms with Gasteiger partial charge in [0.2, 0.25) is 70.9 Å². The molecule has 25 nitrogen and oxygen atoms in total. The predicted octanol–water partition coefficient (Wildman–Crippen LogP) is 7.50. The molecule has 5 aliphatic carbocycles. The third-order valence-electron chi connectivity index (χ3n) is 25.8. The maximum atomic E-state index is 16.1. The second-order valence-corrected chi connectivity index (χ2v) is 33.5. The molecule has 12 amide bonds. The lowest BCUT2D eigenvalue weighted by molar-refractivity contribution is -0.219. The largest absolute Gasteiger partial charge is 0.397 e. The number of carbonyl (C=O) groups is 12. The highest BCUT2D eigenvalue weighted by molar-refractivity contribution is 6.01. The van der Waals surface area contributed by atoms with Crippen LogP contribution in [0.4, 0.5) is 35.1 Å². The van der Waals surface area contributed by atoms with Gasteiger partial charge in [-0.1, -0.05) is 72.1 Å². The van der Waals surface area contributed by atoms with Crippen LogP contribution in [-0.2, 0) is 62.3 Å². The average Bonchev–Trinajstić information content (AvgIpc) is 1.60. The van der Waals surface area contributed by atoms with E-state index in [4.69, 9.17) is 4.74 Å². The minimum absolute atomic E-state index is 0.00464. The first-order chi connectivity index (χ1) is 52.3. The van der Waals surface area contributed by atoms with Crippen molar-refractivity contribution in [1.82, 2.24) is 60.0 Å². The van der Waals surface area contributed by atoms with Crippen LogP contribution in [0.2, 0.25) is 0 Å². The normalized spacial score (nSPS) is 32.0. The molecule has 8 rings (SSSR count). The highest BCUT2D eigenvalue weighted by atomic mass is 19.4. The van der Waals surface area contributed by atoms with Gasteiger partial charge in [-0.2, -0.15) is 26.3 Å². The summed E-state index contributed by atoms with van der Waals surface area (Å²) in [6, 6.07) is -11.1. The second kappa shape index (κ2) is 38.9. The van der Waals surface area contributed by atoms with Crippen molar-refractivity contribution in [1.29, 1.82) is 0 Å². The molecule has 3 heterocycles. The second-order valence-electron chi connectivity index (χ2n) is 33.5. The Hall–Kier alpha value is -6.96. The first-order valence-electron chi connectivity index (χ1n) is 40.6. The molecule has 3 aliphatic heterocycles. The van der Waals surface area contributed by atoms with Crippen LogP contribution in [0.1, 0.15) is 207 Å². The number of fused-ring (bicyclic) bond motifs is 3. The molecular formula is C78H122F8N12O13. The van der Waals surface area contributed by atoms with Crippen LogP contribution in [0, 0.1) is 41.4 Å². The van der Waals surface area contributed by atoms with Gasteiger partial charge in [-0.25, -0.2) is 8.78 Å². The first kappa shape index (κ1) is 89.6. The molecule has 33 heteroatoms. The molecule has 12 atom stereocenters. The summed E-state index contributed by atoms with van der Waals surface area (Å²) in [7, 11) is 9.76. The van der Waals surface area contributed by atoms with Gasteiger partial charge in [0.1, 0.15) is 72.1 Å². The molecule has 2 unspecified atom stereocenters. The lowest BCUT2D eigenvalue weighted by Gasteiger charge is -2.47. The summed E-state index contributed by atoms with van der Waals surface area (Å²) in [5.41, 5.74) is -1.69. The predicted molar refractivity (Wildman–Crippen MR) is 393 cm³/mol. The van der Waals surface area contributed by atoms with Gasteiger partial charge < -0.3 is 64.8 Å². The van der Waals surface area contributed by atoms with Crippen LogP contribution >= 0.6 is 0 Å². The van der Waals surface area contributed by atoms with E-state index >= 15 is 42.3 Å². The number of nitrogens with one attached hydrogen (secondary N) is 3. The summed E-state index contributed by atoms with van der Waals surface area (Å²) >= 11 is 0. The van der Waals surface area contributed by atoms with E-state index in [9.17, 15) is 50.3 Å². The number of halogens is 8. The molecule has 2 bridgehead atoms. The van der Waals surface area contributed by atoms with E-state index < -0.39 is 230 Å². The smallest absolute Gasteiger partial charge is 0.377 e. The molecule has 1 spiro atoms. The zero-order valence-corrected chi connectivity index (χ0v) is 66.8. The Labute approximate surface area is 648 Å². The standard InChI is InChI=1S/C78H122F8N12O13/c1-12-46(4)65-73(108)92(8)45-63(101)94(10)57-26-16-15-19-36-96(72(57)107)59(40-48-27-30-51(31-28-48)77(81,82)83)71(106)91(7)44-61(99)87-55(32-29-49-38-53(79)64(54(80)39-49)78(84,85)86)69(104)98-43-52(111-14-3)41-58(98)68(103)89-76(34-21-35-76)75(110)95(11)66(50-24-17-18-25-50)74(109)97(37-33-47-22-20-23-47)60(70(105)90(5)6)42-62(100)93(9)56(13-2)67(102)88-65/h46-60,64-66H,12-45H2,1-11H3,(H,87,99)(H,88,102)(H,89,103)/t46-,48?,49?,51?,52+,53?,54?,55-,56-,57-,58-,59-,60-,64?,65-,66-/m0/s1. The van der Waals surface area contributed by atoms with Gasteiger partial charge in [-0.05, 0) is 152 Å². The van der Waals surface area contributed by atoms with Crippen molar-refractivity contribution in [2.24, 2.45) is 41.4 Å².